The van der Waals surface area contributed by atoms with Crippen LogP contribution in [0.2, 0.25) is 0 Å². The minimum atomic E-state index is -4.99. The van der Waals surface area contributed by atoms with Gasteiger partial charge in [0.15, 0.2) is 28.8 Å². The van der Waals surface area contributed by atoms with E-state index in [4.69, 9.17) is 18.9 Å². The normalized spacial score (nSPS) is 12.9. The van der Waals surface area contributed by atoms with Gasteiger partial charge in [-0.25, -0.2) is 36.3 Å². The molecule has 4 aromatic heterocycles. The number of ether oxygens (including phenoxy) is 6. The molecule has 136 heavy (non-hydrogen) atoms. The summed E-state index contributed by atoms with van der Waals surface area (Å²) in [5, 5.41) is 25.6. The highest BCUT2D eigenvalue weighted by molar-refractivity contribution is 6.01. The highest BCUT2D eigenvalue weighted by atomic mass is 19.4. The maximum absolute atomic E-state index is 13.7. The van der Waals surface area contributed by atoms with Gasteiger partial charge in [-0.3, -0.25) is 38.4 Å². The van der Waals surface area contributed by atoms with E-state index in [1.807, 2.05) is 6.92 Å². The Kier molecular flexibility index (Phi) is 32.7. The SMILES string of the molecule is CC(=O)c1ccc(C2(NC(=O)c3c(C(F)F)nn(C)c3Oc3cccc(C(F)(F)F)c3)CC2)cc1.CC(=O)c1ccc([C@@H](C)NC(=O)c2c(C(F)F)nn(C)c2Oc2cccc(C(F)(F)F)c2)cc1.CC(=O)c1ccc([C@H](C)NC(=O)c2c(C(F)(F)F)nn(C)c2Oc2cccc(OC(F)F)c2)cc1.CC(=O)c1ccc([C@H](C)NC(=O)c2c(C)nn(C)c2Oc2cccc(OC(F)F)c2)cc1. The van der Waals surface area contributed by atoms with Crippen LogP contribution in [-0.4, -0.2) is 99.1 Å². The predicted molar refractivity (Wildman–Crippen MR) is 454 cm³/mol. The van der Waals surface area contributed by atoms with Crippen molar-refractivity contribution in [2.24, 2.45) is 28.2 Å². The van der Waals surface area contributed by atoms with Crippen LogP contribution in [-0.2, 0) is 52.3 Å². The van der Waals surface area contributed by atoms with Crippen molar-refractivity contribution in [2.75, 3.05) is 0 Å². The number of nitrogens with one attached hydrogen (secondary N) is 4. The molecule has 1 saturated carbocycles. The second-order valence-corrected chi connectivity index (χ2v) is 30.5. The van der Waals surface area contributed by atoms with Gasteiger partial charge in [0, 0.05) is 62.6 Å². The Bertz CT molecular complexity index is 6350. The number of benzene rings is 8. The van der Waals surface area contributed by atoms with Crippen LogP contribution in [0, 0.1) is 6.92 Å². The summed E-state index contributed by atoms with van der Waals surface area (Å²) in [7, 11) is 5.24. The van der Waals surface area contributed by atoms with Crippen LogP contribution in [0.15, 0.2) is 194 Å². The standard InChI is InChI=1S/C24H20F5N3O3.C23H20F5N3O4.C23H20F5N3O3.C23H23F2N3O4/c1-13(33)14-6-8-15(9-7-14)23(10-11-23)30-21(34)18-19(20(25)26)31-32(2)22(18)35-17-5-3-4-16(12-17)24(27,28)29;1-12(14-7-9-15(10-8-14)13(2)32)29-20(33)18-19(23(26,27)28)30-31(3)21(18)34-16-5-4-6-17(11-16)35-22(24)25;1-12(14-7-9-15(10-8-14)13(2)32)29-21(33)18-19(20(24)25)30-31(3)22(18)34-17-6-4-5-16(11-17)23(26,27)28;1-13(16-8-10-17(11-9-16)15(3)29)26-21(30)20-14(2)27-28(4)22(20)31-18-6-5-7-19(12-18)32-23(24)25/h3-9,12,20H,10-11H2,1-2H3,(H,30,34);4-12,22H,1-3H3,(H,29,33);4-12,20H,1-3H3,(H,29,33);5-13,23H,1-4H3,(H,26,30)/t;2*12-;13-/m.010/s1. The lowest BCUT2D eigenvalue weighted by atomic mass is 10.0. The Morgan fingerprint density at radius 3 is 0.963 bits per heavy atom. The fraction of sp³-hybridized carbons (Fsp3) is 0.269. The van der Waals surface area contributed by atoms with E-state index in [1.165, 1.54) is 107 Å². The third kappa shape index (κ3) is 26.2. The Hall–Kier alpha value is -15.2. The maximum Gasteiger partial charge on any atom is 0.436 e. The van der Waals surface area contributed by atoms with Gasteiger partial charge in [-0.05, 0) is 151 Å². The Labute approximate surface area is 763 Å². The summed E-state index contributed by atoms with van der Waals surface area (Å²) in [5.74, 6) is -5.98. The molecule has 3 atom stereocenters. The van der Waals surface area contributed by atoms with E-state index in [-0.39, 0.29) is 75.1 Å². The average Bonchev–Trinajstić information content (AvgIpc) is 1.60. The minimum Gasteiger partial charge on any atom is -0.438 e. The van der Waals surface area contributed by atoms with Crippen molar-refractivity contribution in [3.63, 3.8) is 0 Å². The number of rotatable bonds is 30. The van der Waals surface area contributed by atoms with Crippen molar-refractivity contribution in [3.8, 4) is 58.0 Å². The molecule has 0 spiro atoms. The fourth-order valence-corrected chi connectivity index (χ4v) is 13.4. The summed E-state index contributed by atoms with van der Waals surface area (Å²) in [6.07, 6.45) is -19.5. The molecule has 12 aromatic rings. The van der Waals surface area contributed by atoms with Gasteiger partial charge < -0.3 is 49.7 Å². The molecular formula is C93H83F17N12O14. The van der Waals surface area contributed by atoms with Gasteiger partial charge in [-0.2, -0.15) is 77.5 Å². The quantitative estimate of drug-likeness (QED) is 0.0240. The van der Waals surface area contributed by atoms with E-state index in [9.17, 15) is 113 Å². The van der Waals surface area contributed by atoms with Crippen LogP contribution in [0.1, 0.15) is 231 Å². The molecule has 13 rings (SSSR count). The van der Waals surface area contributed by atoms with Crippen molar-refractivity contribution in [2.45, 2.75) is 136 Å². The second-order valence-electron chi connectivity index (χ2n) is 30.5. The van der Waals surface area contributed by atoms with Crippen LogP contribution < -0.4 is 49.7 Å². The zero-order valence-corrected chi connectivity index (χ0v) is 73.6. The number of nitrogens with zero attached hydrogens (tertiary/aromatic N) is 8. The van der Waals surface area contributed by atoms with Crippen molar-refractivity contribution in [3.05, 3.63) is 295 Å². The number of ketones is 4. The molecule has 0 saturated heterocycles. The van der Waals surface area contributed by atoms with E-state index in [0.29, 0.717) is 69.6 Å². The molecule has 1 fully saturated rings. The van der Waals surface area contributed by atoms with E-state index < -0.39 is 148 Å². The van der Waals surface area contributed by atoms with Gasteiger partial charge in [0.2, 0.25) is 23.5 Å². The van der Waals surface area contributed by atoms with Crippen molar-refractivity contribution in [1.29, 1.82) is 0 Å². The third-order valence-corrected chi connectivity index (χ3v) is 20.5. The van der Waals surface area contributed by atoms with Crippen LogP contribution in [0.4, 0.5) is 74.6 Å². The lowest BCUT2D eigenvalue weighted by molar-refractivity contribution is -0.142. The number of Topliss-reactive ketones (excluding diaryl/α,β-unsaturated/α-hetero) is 4. The van der Waals surface area contributed by atoms with E-state index >= 15 is 0 Å². The smallest absolute Gasteiger partial charge is 0.436 e. The van der Waals surface area contributed by atoms with Crippen molar-refractivity contribution in [1.82, 2.24) is 60.4 Å². The van der Waals surface area contributed by atoms with Gasteiger partial charge in [0.1, 0.15) is 68.1 Å². The molecular weight excluding hydrogens is 1830 g/mol. The number of amides is 4. The molecule has 4 amide bonds. The number of carbonyl (C=O) groups excluding carboxylic acids is 8. The first kappa shape index (κ1) is 103. The van der Waals surface area contributed by atoms with Crippen LogP contribution in [0.25, 0.3) is 0 Å². The first-order valence-corrected chi connectivity index (χ1v) is 40.5. The summed E-state index contributed by atoms with van der Waals surface area (Å²) in [4.78, 5) is 98.1. The molecule has 0 aliphatic heterocycles. The predicted octanol–water partition coefficient (Wildman–Crippen LogP) is 22.0. The number of hydrogen-bond acceptors (Lipinski definition) is 18. The molecule has 43 heteroatoms. The molecule has 0 bridgehead atoms. The molecule has 8 aromatic carbocycles. The molecule has 718 valence electrons. The Balaban J connectivity index is 0.000000188. The molecule has 4 heterocycles. The third-order valence-electron chi connectivity index (χ3n) is 20.5. The second kappa shape index (κ2) is 43.2. The summed E-state index contributed by atoms with van der Waals surface area (Å²) in [6, 6.07) is 42.6. The van der Waals surface area contributed by atoms with E-state index in [2.05, 4.69) is 51.1 Å². The first-order chi connectivity index (χ1) is 63.8. The fourth-order valence-electron chi connectivity index (χ4n) is 13.4. The van der Waals surface area contributed by atoms with Gasteiger partial charge >= 0.3 is 31.8 Å². The zero-order chi connectivity index (χ0) is 100. The largest absolute Gasteiger partial charge is 0.438 e. The molecule has 1 aliphatic carbocycles. The lowest BCUT2D eigenvalue weighted by Crippen LogP contribution is -2.35. The van der Waals surface area contributed by atoms with Gasteiger partial charge in [-0.1, -0.05) is 121 Å². The van der Waals surface area contributed by atoms with Crippen LogP contribution in [0.3, 0.4) is 0 Å². The highest BCUT2D eigenvalue weighted by Gasteiger charge is 2.48. The first-order valence-electron chi connectivity index (χ1n) is 40.5. The van der Waals surface area contributed by atoms with Crippen molar-refractivity contribution >= 4 is 46.8 Å². The molecule has 1 aliphatic rings. The van der Waals surface area contributed by atoms with Crippen molar-refractivity contribution < 1.29 is 141 Å². The number of halogens is 17. The topological polar surface area (TPSA) is 311 Å². The molecule has 0 unspecified atom stereocenters. The molecule has 0 radical (unpaired) electrons. The Morgan fingerprint density at radius 2 is 0.640 bits per heavy atom. The molecule has 4 N–H and O–H groups in total. The summed E-state index contributed by atoms with van der Waals surface area (Å²) in [5.41, 5.74) is -2.78. The zero-order valence-electron chi connectivity index (χ0n) is 73.6. The van der Waals surface area contributed by atoms with E-state index in [0.717, 1.165) is 57.0 Å². The highest BCUT2D eigenvalue weighted by Crippen LogP contribution is 2.48. The van der Waals surface area contributed by atoms with Gasteiger partial charge in [-0.15, -0.1) is 0 Å². The van der Waals surface area contributed by atoms with Gasteiger partial charge in [0.25, 0.3) is 36.5 Å². The minimum absolute atomic E-state index is 0.0379. The summed E-state index contributed by atoms with van der Waals surface area (Å²) in [6.45, 7) is 6.26. The number of aryl methyl sites for hydroxylation is 5. The van der Waals surface area contributed by atoms with Crippen LogP contribution >= 0.6 is 0 Å². The van der Waals surface area contributed by atoms with Gasteiger partial charge in [0.05, 0.1) is 40.5 Å². The Morgan fingerprint density at radius 1 is 0.353 bits per heavy atom. The maximum atomic E-state index is 13.7. The number of hydrogen-bond donors (Lipinski definition) is 4. The molecule has 26 nitrogen and oxygen atoms in total. The lowest BCUT2D eigenvalue weighted by Gasteiger charge is -2.19. The number of alkyl halides is 17. The summed E-state index contributed by atoms with van der Waals surface area (Å²) < 4.78 is 259. The van der Waals surface area contributed by atoms with Crippen LogP contribution in [0.5, 0.6) is 58.0 Å². The number of carbonyl (C=O) groups is 8. The van der Waals surface area contributed by atoms with E-state index in [1.54, 1.807) is 119 Å². The summed E-state index contributed by atoms with van der Waals surface area (Å²) >= 11 is 0. The number of aromatic nitrogens is 8. The monoisotopic (exact) mass is 1910 g/mol. The average molecular weight is 1920 g/mol.